The molecule has 0 saturated carbocycles. The topological polar surface area (TPSA) is 57.1 Å². The van der Waals surface area contributed by atoms with Crippen LogP contribution in [0, 0.1) is 6.92 Å². The highest BCUT2D eigenvalue weighted by Crippen LogP contribution is 2.30. The van der Waals surface area contributed by atoms with Crippen LogP contribution in [0.5, 0.6) is 11.5 Å². The van der Waals surface area contributed by atoms with Crippen LogP contribution in [-0.4, -0.2) is 19.0 Å². The van der Waals surface area contributed by atoms with Crippen molar-refractivity contribution < 1.29 is 19.0 Å². The fourth-order valence-electron chi connectivity index (χ4n) is 3.02. The second-order valence-electron chi connectivity index (χ2n) is 6.89. The first-order chi connectivity index (χ1) is 14.6. The van der Waals surface area contributed by atoms with E-state index in [1.807, 2.05) is 73.7 Å². The lowest BCUT2D eigenvalue weighted by atomic mass is 10.1. The van der Waals surface area contributed by atoms with Gasteiger partial charge in [-0.25, -0.2) is 9.79 Å². The van der Waals surface area contributed by atoms with Gasteiger partial charge in [0, 0.05) is 5.56 Å². The smallest absolute Gasteiger partial charge is 0.363 e. The Morgan fingerprint density at radius 1 is 0.967 bits per heavy atom. The summed E-state index contributed by atoms with van der Waals surface area (Å²) in [6, 6.07) is 23.0. The molecule has 1 aliphatic heterocycles. The van der Waals surface area contributed by atoms with Gasteiger partial charge in [-0.2, -0.15) is 0 Å². The normalized spacial score (nSPS) is 14.4. The van der Waals surface area contributed by atoms with Crippen LogP contribution in [0.3, 0.4) is 0 Å². The molecule has 0 aliphatic carbocycles. The van der Waals surface area contributed by atoms with E-state index in [1.165, 1.54) is 0 Å². The van der Waals surface area contributed by atoms with Crippen LogP contribution >= 0.6 is 0 Å². The van der Waals surface area contributed by atoms with Crippen molar-refractivity contribution in [2.45, 2.75) is 13.5 Å². The lowest BCUT2D eigenvalue weighted by Gasteiger charge is -2.11. The van der Waals surface area contributed by atoms with Gasteiger partial charge in [0.1, 0.15) is 6.61 Å². The third-order valence-electron chi connectivity index (χ3n) is 4.65. The van der Waals surface area contributed by atoms with Crippen LogP contribution in [0.25, 0.3) is 6.08 Å². The second kappa shape index (κ2) is 8.66. The number of nitrogens with zero attached hydrogens (tertiary/aromatic N) is 1. The number of hydrogen-bond donors (Lipinski definition) is 0. The summed E-state index contributed by atoms with van der Waals surface area (Å²) in [5.74, 6) is 1.03. The lowest BCUT2D eigenvalue weighted by Crippen LogP contribution is -2.05. The number of carbonyl (C=O) groups is 1. The molecule has 4 rings (SSSR count). The Kier molecular flexibility index (Phi) is 5.61. The van der Waals surface area contributed by atoms with E-state index < -0.39 is 5.97 Å². The highest BCUT2D eigenvalue weighted by molar-refractivity contribution is 6.12. The zero-order chi connectivity index (χ0) is 20.9. The molecule has 0 aromatic heterocycles. The van der Waals surface area contributed by atoms with E-state index in [1.54, 1.807) is 19.3 Å². The molecule has 0 fully saturated rings. The average molecular weight is 399 g/mol. The summed E-state index contributed by atoms with van der Waals surface area (Å²) in [7, 11) is 1.59. The summed E-state index contributed by atoms with van der Waals surface area (Å²) in [5.41, 5.74) is 3.94. The predicted molar refractivity (Wildman–Crippen MR) is 116 cm³/mol. The van der Waals surface area contributed by atoms with Crippen LogP contribution in [0.4, 0.5) is 0 Å². The standard InChI is InChI=1S/C25H21NO4/c1-17-8-11-20(12-9-17)24-26-21(25(27)30-24)14-19-10-13-22(28-2)23(15-19)29-16-18-6-4-3-5-7-18/h3-15H,16H2,1-2H3. The number of esters is 1. The first-order valence-electron chi connectivity index (χ1n) is 9.57. The van der Waals surface area contributed by atoms with E-state index in [0.29, 0.717) is 24.0 Å². The van der Waals surface area contributed by atoms with Crippen LogP contribution in [0.2, 0.25) is 0 Å². The van der Waals surface area contributed by atoms with Gasteiger partial charge in [-0.05, 0) is 48.4 Å². The number of rotatable bonds is 6. The van der Waals surface area contributed by atoms with Crippen molar-refractivity contribution in [1.82, 2.24) is 0 Å². The summed E-state index contributed by atoms with van der Waals surface area (Å²) in [4.78, 5) is 16.7. The van der Waals surface area contributed by atoms with Gasteiger partial charge in [0.2, 0.25) is 5.90 Å². The monoisotopic (exact) mass is 399 g/mol. The number of methoxy groups -OCH3 is 1. The number of hydrogen-bond acceptors (Lipinski definition) is 5. The zero-order valence-electron chi connectivity index (χ0n) is 16.8. The Hall–Kier alpha value is -3.86. The molecule has 5 heteroatoms. The van der Waals surface area contributed by atoms with E-state index in [2.05, 4.69) is 4.99 Å². The highest BCUT2D eigenvalue weighted by atomic mass is 16.6. The van der Waals surface area contributed by atoms with E-state index >= 15 is 0 Å². The molecule has 30 heavy (non-hydrogen) atoms. The fraction of sp³-hybridized carbons (Fsp3) is 0.120. The summed E-state index contributed by atoms with van der Waals surface area (Å²) < 4.78 is 16.7. The highest BCUT2D eigenvalue weighted by Gasteiger charge is 2.24. The molecule has 0 N–H and O–H groups in total. The van der Waals surface area contributed by atoms with Gasteiger partial charge in [0.05, 0.1) is 7.11 Å². The molecule has 3 aromatic carbocycles. The Labute approximate surface area is 175 Å². The quantitative estimate of drug-likeness (QED) is 0.436. The maximum Gasteiger partial charge on any atom is 0.363 e. The molecular formula is C25H21NO4. The van der Waals surface area contributed by atoms with E-state index in [4.69, 9.17) is 14.2 Å². The van der Waals surface area contributed by atoms with Gasteiger partial charge in [0.25, 0.3) is 0 Å². The van der Waals surface area contributed by atoms with Crippen molar-refractivity contribution in [3.05, 3.63) is 101 Å². The third kappa shape index (κ3) is 4.41. The molecule has 0 amide bonds. The Morgan fingerprint density at radius 2 is 1.73 bits per heavy atom. The van der Waals surface area contributed by atoms with Gasteiger partial charge in [-0.15, -0.1) is 0 Å². The fourth-order valence-corrected chi connectivity index (χ4v) is 3.02. The van der Waals surface area contributed by atoms with Crippen molar-refractivity contribution in [3.8, 4) is 11.5 Å². The first-order valence-corrected chi connectivity index (χ1v) is 9.57. The molecule has 3 aromatic rings. The van der Waals surface area contributed by atoms with Crippen molar-refractivity contribution in [3.63, 3.8) is 0 Å². The van der Waals surface area contributed by atoms with Gasteiger partial charge in [-0.1, -0.05) is 54.1 Å². The van der Waals surface area contributed by atoms with Gasteiger partial charge < -0.3 is 14.2 Å². The van der Waals surface area contributed by atoms with Crippen LogP contribution < -0.4 is 9.47 Å². The van der Waals surface area contributed by atoms with Crippen molar-refractivity contribution in [2.24, 2.45) is 4.99 Å². The van der Waals surface area contributed by atoms with Crippen LogP contribution in [0.1, 0.15) is 22.3 Å². The summed E-state index contributed by atoms with van der Waals surface area (Å²) in [6.07, 6.45) is 1.68. The number of aryl methyl sites for hydroxylation is 1. The minimum atomic E-state index is -0.479. The minimum absolute atomic E-state index is 0.241. The van der Waals surface area contributed by atoms with Crippen molar-refractivity contribution in [2.75, 3.05) is 7.11 Å². The lowest BCUT2D eigenvalue weighted by molar-refractivity contribution is -0.129. The molecule has 150 valence electrons. The molecule has 0 atom stereocenters. The van der Waals surface area contributed by atoms with E-state index in [0.717, 1.165) is 22.3 Å². The number of ether oxygens (including phenoxy) is 3. The summed E-state index contributed by atoms with van der Waals surface area (Å²) in [5, 5.41) is 0. The third-order valence-corrected chi connectivity index (χ3v) is 4.65. The number of carbonyl (C=O) groups excluding carboxylic acids is 1. The number of cyclic esters (lactones) is 1. The Bertz CT molecular complexity index is 1120. The number of aliphatic imine (C=N–C) groups is 1. The molecule has 0 spiro atoms. The maximum atomic E-state index is 12.3. The SMILES string of the molecule is COc1ccc(C=C2N=C(c3ccc(C)cc3)OC2=O)cc1OCc1ccccc1. The van der Waals surface area contributed by atoms with E-state index in [-0.39, 0.29) is 5.70 Å². The Balaban J connectivity index is 1.58. The molecule has 5 nitrogen and oxygen atoms in total. The van der Waals surface area contributed by atoms with Gasteiger partial charge in [0.15, 0.2) is 17.2 Å². The molecular weight excluding hydrogens is 378 g/mol. The van der Waals surface area contributed by atoms with E-state index in [9.17, 15) is 4.79 Å². The molecule has 0 radical (unpaired) electrons. The van der Waals surface area contributed by atoms with Crippen molar-refractivity contribution >= 4 is 17.9 Å². The Morgan fingerprint density at radius 3 is 2.47 bits per heavy atom. The molecule has 0 unspecified atom stereocenters. The zero-order valence-corrected chi connectivity index (χ0v) is 16.8. The predicted octanol–water partition coefficient (Wildman–Crippen LogP) is 4.93. The minimum Gasteiger partial charge on any atom is -0.493 e. The summed E-state index contributed by atoms with van der Waals surface area (Å²) >= 11 is 0. The molecule has 1 aliphatic rings. The second-order valence-corrected chi connectivity index (χ2v) is 6.89. The average Bonchev–Trinajstić information content (AvgIpc) is 3.13. The first kappa shape index (κ1) is 19.5. The van der Waals surface area contributed by atoms with Crippen LogP contribution in [-0.2, 0) is 16.1 Å². The molecule has 0 saturated heterocycles. The van der Waals surface area contributed by atoms with Crippen molar-refractivity contribution in [1.29, 1.82) is 0 Å². The van der Waals surface area contributed by atoms with Gasteiger partial charge >= 0.3 is 5.97 Å². The van der Waals surface area contributed by atoms with Crippen LogP contribution in [0.15, 0.2) is 83.5 Å². The maximum absolute atomic E-state index is 12.3. The summed E-state index contributed by atoms with van der Waals surface area (Å²) in [6.45, 7) is 2.41. The largest absolute Gasteiger partial charge is 0.493 e. The van der Waals surface area contributed by atoms with Gasteiger partial charge in [-0.3, -0.25) is 0 Å². The molecule has 0 bridgehead atoms. The molecule has 1 heterocycles. The number of benzene rings is 3.